The van der Waals surface area contributed by atoms with Crippen molar-refractivity contribution in [3.05, 3.63) is 53.6 Å². The van der Waals surface area contributed by atoms with Crippen molar-refractivity contribution in [2.75, 3.05) is 17.2 Å². The summed E-state index contributed by atoms with van der Waals surface area (Å²) >= 11 is 0. The average molecular weight is 356 g/mol. The molecule has 0 radical (unpaired) electrons. The number of nitrogens with one attached hydrogen (secondary N) is 2. The molecule has 1 amide bonds. The van der Waals surface area contributed by atoms with Gasteiger partial charge in [0.25, 0.3) is 0 Å². The van der Waals surface area contributed by atoms with Crippen LogP contribution in [0.2, 0.25) is 0 Å². The first kappa shape index (κ1) is 19.5. The minimum atomic E-state index is -0.513. The summed E-state index contributed by atoms with van der Waals surface area (Å²) in [5, 5.41) is 15.4. The van der Waals surface area contributed by atoms with Crippen molar-refractivity contribution in [2.24, 2.45) is 0 Å². The highest BCUT2D eigenvalue weighted by molar-refractivity contribution is 5.99. The van der Waals surface area contributed by atoms with Gasteiger partial charge in [0.1, 0.15) is 11.8 Å². The van der Waals surface area contributed by atoms with Gasteiger partial charge >= 0.3 is 0 Å². The lowest BCUT2D eigenvalue weighted by molar-refractivity contribution is -0.116. The van der Waals surface area contributed by atoms with Gasteiger partial charge in [-0.2, -0.15) is 0 Å². The second-order valence-corrected chi connectivity index (χ2v) is 5.91. The molecule has 26 heavy (non-hydrogen) atoms. The Bertz CT molecular complexity index is 789. The summed E-state index contributed by atoms with van der Waals surface area (Å²) in [7, 11) is 0. The van der Waals surface area contributed by atoms with Crippen LogP contribution in [0.15, 0.2) is 42.5 Å². The number of amides is 1. The zero-order chi connectivity index (χ0) is 19.1. The molecule has 0 fully saturated rings. The molecule has 1 atom stereocenters. The standard InChI is InChI=1S/C20H24N2O4/c1-4-26-19-9-8-18(11-16(19)12-23)21-13(2)20(25)22-17-7-5-6-15(10-17)14(3)24/h5-11,13,21,23H,4,12H2,1-3H3,(H,22,25). The van der Waals surface area contributed by atoms with E-state index in [1.807, 2.05) is 6.92 Å². The van der Waals surface area contributed by atoms with Crippen LogP contribution >= 0.6 is 0 Å². The van der Waals surface area contributed by atoms with Crippen LogP contribution < -0.4 is 15.4 Å². The molecule has 0 heterocycles. The summed E-state index contributed by atoms with van der Waals surface area (Å²) in [4.78, 5) is 23.8. The van der Waals surface area contributed by atoms with E-state index in [0.717, 1.165) is 0 Å². The lowest BCUT2D eigenvalue weighted by Gasteiger charge is -2.17. The van der Waals surface area contributed by atoms with E-state index in [4.69, 9.17) is 4.74 Å². The normalized spacial score (nSPS) is 11.5. The fourth-order valence-corrected chi connectivity index (χ4v) is 2.47. The van der Waals surface area contributed by atoms with Crippen molar-refractivity contribution in [3.63, 3.8) is 0 Å². The number of rotatable bonds is 8. The molecule has 2 aromatic carbocycles. The van der Waals surface area contributed by atoms with Crippen LogP contribution in [0.25, 0.3) is 0 Å². The molecule has 3 N–H and O–H groups in total. The second-order valence-electron chi connectivity index (χ2n) is 5.91. The first-order chi connectivity index (χ1) is 12.4. The second kappa shape index (κ2) is 9.01. The SMILES string of the molecule is CCOc1ccc(NC(C)C(=O)Nc2cccc(C(C)=O)c2)cc1CO. The van der Waals surface area contributed by atoms with Gasteiger partial charge in [0.15, 0.2) is 5.78 Å². The summed E-state index contributed by atoms with van der Waals surface area (Å²) in [5.41, 5.74) is 2.47. The number of aliphatic hydroxyl groups is 1. The summed E-state index contributed by atoms with van der Waals surface area (Å²) in [5.74, 6) is 0.335. The molecule has 0 spiro atoms. The lowest BCUT2D eigenvalue weighted by Crippen LogP contribution is -2.31. The van der Waals surface area contributed by atoms with E-state index in [1.165, 1.54) is 6.92 Å². The predicted octanol–water partition coefficient (Wildman–Crippen LogP) is 3.22. The van der Waals surface area contributed by atoms with Gasteiger partial charge in [0, 0.05) is 22.5 Å². The van der Waals surface area contributed by atoms with Crippen LogP contribution in [-0.2, 0) is 11.4 Å². The molecule has 0 aliphatic carbocycles. The van der Waals surface area contributed by atoms with Crippen molar-refractivity contribution in [1.82, 2.24) is 0 Å². The van der Waals surface area contributed by atoms with Crippen LogP contribution in [0.1, 0.15) is 36.7 Å². The topological polar surface area (TPSA) is 87.7 Å². The maximum Gasteiger partial charge on any atom is 0.246 e. The van der Waals surface area contributed by atoms with Crippen LogP contribution in [0.4, 0.5) is 11.4 Å². The molecule has 0 saturated carbocycles. The number of Topliss-reactive ketones (excluding diaryl/α,β-unsaturated/α-hetero) is 1. The van der Waals surface area contributed by atoms with Gasteiger partial charge in [-0.25, -0.2) is 0 Å². The van der Waals surface area contributed by atoms with E-state index >= 15 is 0 Å². The fraction of sp³-hybridized carbons (Fsp3) is 0.300. The Labute approximate surface area is 153 Å². The molecule has 0 aliphatic rings. The van der Waals surface area contributed by atoms with Crippen molar-refractivity contribution >= 4 is 23.1 Å². The molecule has 1 unspecified atom stereocenters. The van der Waals surface area contributed by atoms with Gasteiger partial charge in [0.05, 0.1) is 13.2 Å². The third-order valence-electron chi connectivity index (χ3n) is 3.84. The number of carbonyl (C=O) groups is 2. The van der Waals surface area contributed by atoms with Crippen molar-refractivity contribution in [3.8, 4) is 5.75 Å². The van der Waals surface area contributed by atoms with Gasteiger partial charge in [0.2, 0.25) is 5.91 Å². The molecular weight excluding hydrogens is 332 g/mol. The Morgan fingerprint density at radius 3 is 2.58 bits per heavy atom. The summed E-state index contributed by atoms with van der Waals surface area (Å²) < 4.78 is 5.45. The molecule has 138 valence electrons. The molecule has 0 saturated heterocycles. The third kappa shape index (κ3) is 5.07. The van der Waals surface area contributed by atoms with E-state index in [-0.39, 0.29) is 18.3 Å². The summed E-state index contributed by atoms with van der Waals surface area (Å²) in [6.07, 6.45) is 0. The zero-order valence-corrected chi connectivity index (χ0v) is 15.2. The Balaban J connectivity index is 2.05. The fourth-order valence-electron chi connectivity index (χ4n) is 2.47. The van der Waals surface area contributed by atoms with E-state index in [1.54, 1.807) is 49.4 Å². The highest BCUT2D eigenvalue weighted by atomic mass is 16.5. The van der Waals surface area contributed by atoms with Crippen LogP contribution in [0, 0.1) is 0 Å². The van der Waals surface area contributed by atoms with Crippen LogP contribution in [0.5, 0.6) is 5.75 Å². The van der Waals surface area contributed by atoms with E-state index < -0.39 is 6.04 Å². The lowest BCUT2D eigenvalue weighted by atomic mass is 10.1. The Morgan fingerprint density at radius 2 is 1.92 bits per heavy atom. The molecule has 6 nitrogen and oxygen atoms in total. The van der Waals surface area contributed by atoms with Crippen molar-refractivity contribution in [1.29, 1.82) is 0 Å². The monoisotopic (exact) mass is 356 g/mol. The highest BCUT2D eigenvalue weighted by Crippen LogP contribution is 2.23. The Hall–Kier alpha value is -2.86. The third-order valence-corrected chi connectivity index (χ3v) is 3.84. The van der Waals surface area contributed by atoms with Gasteiger partial charge in [-0.3, -0.25) is 9.59 Å². The van der Waals surface area contributed by atoms with Crippen LogP contribution in [0.3, 0.4) is 0 Å². The molecule has 0 aliphatic heterocycles. The maximum atomic E-state index is 12.4. The van der Waals surface area contributed by atoms with Gasteiger partial charge in [-0.05, 0) is 51.1 Å². The minimum absolute atomic E-state index is 0.0572. The minimum Gasteiger partial charge on any atom is -0.494 e. The van der Waals surface area contributed by atoms with Gasteiger partial charge < -0.3 is 20.5 Å². The zero-order valence-electron chi connectivity index (χ0n) is 15.2. The van der Waals surface area contributed by atoms with E-state index in [2.05, 4.69) is 10.6 Å². The summed E-state index contributed by atoms with van der Waals surface area (Å²) in [6, 6.07) is 11.6. The first-order valence-corrected chi connectivity index (χ1v) is 8.49. The van der Waals surface area contributed by atoms with Gasteiger partial charge in [-0.15, -0.1) is 0 Å². The number of aliphatic hydroxyl groups excluding tert-OH is 1. The van der Waals surface area contributed by atoms with Crippen molar-refractivity contribution in [2.45, 2.75) is 33.4 Å². The van der Waals surface area contributed by atoms with Gasteiger partial charge in [-0.1, -0.05) is 12.1 Å². The molecule has 0 aromatic heterocycles. The molecule has 6 heteroatoms. The molecule has 0 bridgehead atoms. The smallest absolute Gasteiger partial charge is 0.246 e. The molecule has 2 rings (SSSR count). The number of hydrogen-bond acceptors (Lipinski definition) is 5. The Kier molecular flexibility index (Phi) is 6.74. The number of benzene rings is 2. The number of carbonyl (C=O) groups excluding carboxylic acids is 2. The highest BCUT2D eigenvalue weighted by Gasteiger charge is 2.14. The maximum absolute atomic E-state index is 12.4. The molecule has 2 aromatic rings. The van der Waals surface area contributed by atoms with Crippen LogP contribution in [-0.4, -0.2) is 29.4 Å². The number of anilines is 2. The molecular formula is C20H24N2O4. The quantitative estimate of drug-likeness (QED) is 0.632. The predicted molar refractivity (Wildman–Crippen MR) is 102 cm³/mol. The number of ketones is 1. The number of ether oxygens (including phenoxy) is 1. The largest absolute Gasteiger partial charge is 0.494 e. The summed E-state index contributed by atoms with van der Waals surface area (Å²) in [6.45, 7) is 5.46. The average Bonchev–Trinajstić information content (AvgIpc) is 2.63. The van der Waals surface area contributed by atoms with E-state index in [9.17, 15) is 14.7 Å². The first-order valence-electron chi connectivity index (χ1n) is 8.49. The number of hydrogen-bond donors (Lipinski definition) is 3. The van der Waals surface area contributed by atoms with E-state index in [0.29, 0.717) is 34.9 Å². The Morgan fingerprint density at radius 1 is 1.15 bits per heavy atom. The van der Waals surface area contributed by atoms with Crippen molar-refractivity contribution < 1.29 is 19.4 Å².